The number of imide groups is 1. The molecule has 0 bridgehead atoms. The summed E-state index contributed by atoms with van der Waals surface area (Å²) in [5.41, 5.74) is 6.12. The third kappa shape index (κ3) is 2.25. The van der Waals surface area contributed by atoms with Crippen LogP contribution in [0, 0.1) is 6.92 Å². The lowest BCUT2D eigenvalue weighted by Gasteiger charge is -2.47. The van der Waals surface area contributed by atoms with E-state index in [1.165, 1.54) is 4.57 Å². The molecular weight excluding hydrogens is 315 g/mol. The fraction of sp³-hybridized carbons (Fsp3) is 0.286. The van der Waals surface area contributed by atoms with Crippen LogP contribution in [-0.4, -0.2) is 52.8 Å². The van der Waals surface area contributed by atoms with Crippen LogP contribution in [0.15, 0.2) is 16.9 Å². The smallest absolute Gasteiger partial charge is 0.263 e. The summed E-state index contributed by atoms with van der Waals surface area (Å²) in [6.45, 7) is 1.68. The fourth-order valence-corrected chi connectivity index (χ4v) is 3.62. The van der Waals surface area contributed by atoms with Gasteiger partial charge in [-0.05, 0) is 13.0 Å². The maximum Gasteiger partial charge on any atom is 0.263 e. The highest BCUT2D eigenvalue weighted by atomic mass is 16.2. The molecule has 0 spiro atoms. The number of nitrogens with one attached hydrogen (secondary N) is 1. The first-order valence-electron chi connectivity index (χ1n) is 8.14. The number of nitrogen functional groups attached to an aromatic ring is 1. The molecule has 2 amide bonds. The third-order valence-electron chi connectivity index (χ3n) is 5.53. The average molecular weight is 334 g/mol. The topological polar surface area (TPSA) is 107 Å². The second-order valence-electron chi connectivity index (χ2n) is 7.50. The van der Waals surface area contributed by atoms with Gasteiger partial charge < -0.3 is 5.73 Å². The van der Waals surface area contributed by atoms with Gasteiger partial charge in [0.1, 0.15) is 37.2 Å². The number of benzene rings is 1. The minimum Gasteiger partial charge on any atom is -0.398 e. The van der Waals surface area contributed by atoms with Crippen LogP contribution < -0.4 is 22.1 Å². The van der Waals surface area contributed by atoms with Gasteiger partial charge in [0.15, 0.2) is 0 Å². The predicted octanol–water partition coefficient (Wildman–Crippen LogP) is -4.74. The Bertz CT molecular complexity index is 1000. The largest absolute Gasteiger partial charge is 0.398 e. The maximum absolute atomic E-state index is 13.3. The molecule has 7 nitrogen and oxygen atoms in total. The van der Waals surface area contributed by atoms with Crippen molar-refractivity contribution in [1.29, 1.82) is 0 Å². The van der Waals surface area contributed by atoms with E-state index >= 15 is 0 Å². The summed E-state index contributed by atoms with van der Waals surface area (Å²) in [6, 6.07) is 3.56. The molecule has 1 saturated heterocycles. The number of aromatic nitrogens is 2. The second kappa shape index (κ2) is 5.28. The number of nitrogens with zero attached hydrogens (tertiary/aromatic N) is 2. The molecule has 2 aromatic rings. The van der Waals surface area contributed by atoms with E-state index < -0.39 is 16.6 Å². The average Bonchev–Trinajstić information content (AvgIpc) is 2.48. The van der Waals surface area contributed by atoms with Crippen LogP contribution in [0.3, 0.4) is 0 Å². The molecule has 1 aromatic carbocycles. The molecule has 0 radical (unpaired) electrons. The number of carbonyl (C=O) groups excluding carboxylic acids is 2. The number of rotatable bonds is 1. The summed E-state index contributed by atoms with van der Waals surface area (Å²) < 4.78 is 1.38. The van der Waals surface area contributed by atoms with E-state index in [0.717, 1.165) is 5.46 Å². The van der Waals surface area contributed by atoms with Gasteiger partial charge in [0.2, 0.25) is 11.8 Å². The first-order valence-corrected chi connectivity index (χ1v) is 8.14. The van der Waals surface area contributed by atoms with Crippen molar-refractivity contribution in [3.05, 3.63) is 28.3 Å². The molecule has 1 aliphatic heterocycles. The number of carbonyl (C=O) groups is 2. The molecule has 1 unspecified atom stereocenters. The molecule has 1 aromatic heterocycles. The van der Waals surface area contributed by atoms with Crippen LogP contribution in [0.4, 0.5) is 5.69 Å². The number of piperidine rings is 1. The van der Waals surface area contributed by atoms with Crippen molar-refractivity contribution in [2.45, 2.75) is 24.0 Å². The van der Waals surface area contributed by atoms with Gasteiger partial charge in [-0.3, -0.25) is 24.3 Å². The second-order valence-corrected chi connectivity index (χ2v) is 7.50. The molecule has 0 aliphatic carbocycles. The minimum absolute atomic E-state index is 0.127. The van der Waals surface area contributed by atoms with Crippen molar-refractivity contribution >= 4 is 65.3 Å². The number of hydrogen-bond donors (Lipinski definition) is 2. The third-order valence-corrected chi connectivity index (χ3v) is 5.53. The monoisotopic (exact) mass is 334 g/mol. The zero-order chi connectivity index (χ0) is 18.7. The lowest BCUT2D eigenvalue weighted by molar-refractivity contribution is -0.138. The molecule has 2 heterocycles. The highest BCUT2D eigenvalue weighted by Gasteiger charge is 2.53. The van der Waals surface area contributed by atoms with Crippen molar-refractivity contribution in [2.24, 2.45) is 0 Å². The number of fused-ring (bicyclic) bond motifs is 1. The van der Waals surface area contributed by atoms with E-state index in [2.05, 4.69) is 10.3 Å². The molecule has 25 heavy (non-hydrogen) atoms. The van der Waals surface area contributed by atoms with E-state index in [4.69, 9.17) is 5.73 Å². The van der Waals surface area contributed by atoms with Crippen LogP contribution in [-0.2, 0) is 15.0 Å². The number of aryl methyl sites for hydroxylation is 1. The lowest BCUT2D eigenvalue weighted by atomic mass is 9.37. The zero-order valence-corrected chi connectivity index (χ0v) is 15.1. The summed E-state index contributed by atoms with van der Waals surface area (Å²) in [6.07, 6.45) is 0.127. The van der Waals surface area contributed by atoms with Crippen molar-refractivity contribution in [3.8, 4) is 0 Å². The number of nitrogens with two attached hydrogens (primary N) is 1. The van der Waals surface area contributed by atoms with Crippen molar-refractivity contribution in [1.82, 2.24) is 14.9 Å². The van der Waals surface area contributed by atoms with E-state index in [9.17, 15) is 14.4 Å². The molecule has 3 rings (SSSR count). The highest BCUT2D eigenvalue weighted by Crippen LogP contribution is 2.42. The van der Waals surface area contributed by atoms with Crippen molar-refractivity contribution < 1.29 is 9.59 Å². The zero-order valence-electron chi connectivity index (χ0n) is 15.1. The first kappa shape index (κ1) is 17.4. The molecule has 1 aliphatic rings. The predicted molar refractivity (Wildman–Crippen MR) is 107 cm³/mol. The molecular formula is C14H18B4N4O3. The normalized spacial score (nSPS) is 22.8. The standard InChI is InChI=1S/C14H18B4N4O3/c1-5-20-7-3-2-6(15)10(19)9(7)11(24)22(5)14(18)12(25)21-8(23)4-13(14,16)17/h2-3H,4,15-19H2,1H3,(H,21,23,25). The quantitative estimate of drug-likeness (QED) is 0.310. The number of anilines is 1. The van der Waals surface area contributed by atoms with Gasteiger partial charge in [-0.25, -0.2) is 4.98 Å². The van der Waals surface area contributed by atoms with Crippen LogP contribution in [0.1, 0.15) is 12.2 Å². The van der Waals surface area contributed by atoms with Crippen LogP contribution in [0.2, 0.25) is 5.21 Å². The van der Waals surface area contributed by atoms with Crippen LogP contribution in [0.25, 0.3) is 10.9 Å². The summed E-state index contributed by atoms with van der Waals surface area (Å²) in [7, 11) is 7.09. The lowest BCUT2D eigenvalue weighted by Crippen LogP contribution is -2.66. The van der Waals surface area contributed by atoms with Gasteiger partial charge in [0.05, 0.1) is 16.3 Å². The van der Waals surface area contributed by atoms with Crippen LogP contribution >= 0.6 is 0 Å². The van der Waals surface area contributed by atoms with E-state index in [1.807, 2.05) is 13.9 Å². The molecule has 3 N–H and O–H groups in total. The van der Waals surface area contributed by atoms with Gasteiger partial charge in [0, 0.05) is 12.1 Å². The number of hydrogen-bond acceptors (Lipinski definition) is 5. The Morgan fingerprint density at radius 2 is 1.88 bits per heavy atom. The van der Waals surface area contributed by atoms with Gasteiger partial charge in [-0.2, -0.15) is 0 Å². The molecule has 1 atom stereocenters. The highest BCUT2D eigenvalue weighted by molar-refractivity contribution is 6.50. The van der Waals surface area contributed by atoms with Gasteiger partial charge in [0.25, 0.3) is 5.56 Å². The van der Waals surface area contributed by atoms with E-state index in [1.54, 1.807) is 36.5 Å². The van der Waals surface area contributed by atoms with Gasteiger partial charge in [-0.15, -0.1) is 0 Å². The molecule has 124 valence electrons. The summed E-state index contributed by atoms with van der Waals surface area (Å²) >= 11 is 0. The van der Waals surface area contributed by atoms with Gasteiger partial charge in [-0.1, -0.05) is 16.7 Å². The van der Waals surface area contributed by atoms with E-state index in [0.29, 0.717) is 22.4 Å². The summed E-state index contributed by atoms with van der Waals surface area (Å²) in [4.78, 5) is 42.4. The Labute approximate surface area is 148 Å². The van der Waals surface area contributed by atoms with E-state index in [-0.39, 0.29) is 17.9 Å². The summed E-state index contributed by atoms with van der Waals surface area (Å²) in [5.74, 6) is -0.450. The van der Waals surface area contributed by atoms with Crippen molar-refractivity contribution in [3.63, 3.8) is 0 Å². The SMILES string of the molecule is Bc1ccc2nc(C)n(C3(B)C(=O)NC(=O)CC3(B)B)c(=O)c2c1N. The van der Waals surface area contributed by atoms with Gasteiger partial charge >= 0.3 is 0 Å². The first-order chi connectivity index (χ1) is 11.5. The Morgan fingerprint density at radius 3 is 2.48 bits per heavy atom. The molecule has 11 heteroatoms. The Hall–Kier alpha value is -2.44. The van der Waals surface area contributed by atoms with Crippen molar-refractivity contribution in [2.75, 3.05) is 5.73 Å². The Morgan fingerprint density at radius 1 is 1.24 bits per heavy atom. The Kier molecular flexibility index (Phi) is 3.67. The molecule has 0 saturated carbocycles. The van der Waals surface area contributed by atoms with Crippen LogP contribution in [0.5, 0.6) is 0 Å². The fourth-order valence-electron chi connectivity index (χ4n) is 3.62. The Balaban J connectivity index is 2.43. The summed E-state index contributed by atoms with van der Waals surface area (Å²) in [5, 5.41) is 1.89. The maximum atomic E-state index is 13.3. The molecule has 1 fully saturated rings. The number of amides is 2. The minimum atomic E-state index is -1.26.